The number of thiophene rings is 1. The van der Waals surface area contributed by atoms with E-state index in [2.05, 4.69) is 40.9 Å². The second-order valence-corrected chi connectivity index (χ2v) is 9.28. The lowest BCUT2D eigenvalue weighted by atomic mass is 10.1. The fourth-order valence-corrected chi connectivity index (χ4v) is 4.35. The Balaban J connectivity index is 1.27. The summed E-state index contributed by atoms with van der Waals surface area (Å²) in [5.41, 5.74) is 2.53. The Morgan fingerprint density at radius 1 is 1.11 bits per heavy atom. The third-order valence-corrected chi connectivity index (χ3v) is 6.35. The predicted molar refractivity (Wildman–Crippen MR) is 134 cm³/mol. The summed E-state index contributed by atoms with van der Waals surface area (Å²) in [5, 5.41) is 17.1. The molecule has 0 saturated heterocycles. The van der Waals surface area contributed by atoms with E-state index < -0.39 is 5.82 Å². The SMILES string of the molecule is Cc1cc(Nc2cc(C)[nH]n2)nc(-c2ccc(C(=O)NC(C)c3ccc(-n4cc(F)cn4)nc3)s2)n1. The molecule has 0 aliphatic carbocycles. The van der Waals surface area contributed by atoms with Crippen LogP contribution in [0.3, 0.4) is 0 Å². The number of nitrogens with one attached hydrogen (secondary N) is 3. The molecule has 5 aromatic rings. The summed E-state index contributed by atoms with van der Waals surface area (Å²) in [6, 6.07) is 10.6. The van der Waals surface area contributed by atoms with E-state index in [1.165, 1.54) is 22.2 Å². The quantitative estimate of drug-likeness (QED) is 0.298. The van der Waals surface area contributed by atoms with E-state index in [9.17, 15) is 9.18 Å². The molecule has 3 N–H and O–H groups in total. The predicted octanol–water partition coefficient (Wildman–Crippen LogP) is 4.50. The van der Waals surface area contributed by atoms with Gasteiger partial charge in [0, 0.05) is 29.7 Å². The maximum atomic E-state index is 13.2. The Bertz CT molecular complexity index is 1520. The van der Waals surface area contributed by atoms with E-state index in [1.807, 2.05) is 45.0 Å². The molecular formula is C24H22FN9OS. The van der Waals surface area contributed by atoms with Crippen molar-refractivity contribution in [3.05, 3.63) is 82.6 Å². The van der Waals surface area contributed by atoms with Gasteiger partial charge in [0.2, 0.25) is 0 Å². The zero-order valence-electron chi connectivity index (χ0n) is 19.7. The number of aromatic amines is 1. The molecule has 0 fully saturated rings. The maximum Gasteiger partial charge on any atom is 0.261 e. The highest BCUT2D eigenvalue weighted by atomic mass is 32.1. The molecule has 12 heteroatoms. The monoisotopic (exact) mass is 503 g/mol. The van der Waals surface area contributed by atoms with E-state index >= 15 is 0 Å². The van der Waals surface area contributed by atoms with E-state index in [0.717, 1.165) is 28.0 Å². The van der Waals surface area contributed by atoms with Crippen molar-refractivity contribution in [2.45, 2.75) is 26.8 Å². The number of nitrogens with zero attached hydrogens (tertiary/aromatic N) is 6. The van der Waals surface area contributed by atoms with Crippen molar-refractivity contribution in [2.75, 3.05) is 5.32 Å². The molecule has 0 spiro atoms. The van der Waals surface area contributed by atoms with Crippen LogP contribution in [0.2, 0.25) is 0 Å². The van der Waals surface area contributed by atoms with Gasteiger partial charge in [0.25, 0.3) is 5.91 Å². The molecule has 5 aromatic heterocycles. The molecule has 1 atom stereocenters. The van der Waals surface area contributed by atoms with Crippen molar-refractivity contribution in [2.24, 2.45) is 0 Å². The highest BCUT2D eigenvalue weighted by Gasteiger charge is 2.16. The number of anilines is 2. The molecule has 0 radical (unpaired) electrons. The van der Waals surface area contributed by atoms with Crippen LogP contribution in [0.5, 0.6) is 0 Å². The van der Waals surface area contributed by atoms with Crippen molar-refractivity contribution in [3.8, 4) is 16.5 Å². The van der Waals surface area contributed by atoms with Gasteiger partial charge >= 0.3 is 0 Å². The van der Waals surface area contributed by atoms with Crippen LogP contribution in [0.4, 0.5) is 16.0 Å². The minimum Gasteiger partial charge on any atom is -0.345 e. The molecule has 0 saturated carbocycles. The van der Waals surface area contributed by atoms with Gasteiger partial charge in [-0.3, -0.25) is 9.89 Å². The standard InChI is InChI=1S/C24H22FN9OS/c1-13-8-20(30-21-9-14(2)32-33-21)31-23(28-13)18-5-6-19(36-18)24(35)29-15(3)16-4-7-22(26-10-16)34-12-17(25)11-27-34/h4-12,15H,1-3H3,(H,29,35)(H2,28,30,31,32,33). The molecule has 0 aliphatic heterocycles. The van der Waals surface area contributed by atoms with E-state index in [0.29, 0.717) is 28.2 Å². The van der Waals surface area contributed by atoms with Gasteiger partial charge in [-0.05, 0) is 44.5 Å². The van der Waals surface area contributed by atoms with Gasteiger partial charge in [0.05, 0.1) is 28.2 Å². The van der Waals surface area contributed by atoms with Crippen molar-refractivity contribution in [1.82, 2.24) is 40.2 Å². The Kier molecular flexibility index (Phi) is 6.25. The first-order valence-electron chi connectivity index (χ1n) is 11.1. The second-order valence-electron chi connectivity index (χ2n) is 8.19. The second kappa shape index (κ2) is 9.66. The molecule has 0 bridgehead atoms. The minimum atomic E-state index is -0.437. The number of hydrogen-bond donors (Lipinski definition) is 3. The molecule has 1 amide bonds. The van der Waals surface area contributed by atoms with Crippen LogP contribution >= 0.6 is 11.3 Å². The zero-order valence-corrected chi connectivity index (χ0v) is 20.5. The topological polar surface area (TPSA) is 126 Å². The Morgan fingerprint density at radius 2 is 1.97 bits per heavy atom. The van der Waals surface area contributed by atoms with E-state index in [-0.39, 0.29) is 11.9 Å². The summed E-state index contributed by atoms with van der Waals surface area (Å²) in [6.45, 7) is 5.68. The summed E-state index contributed by atoms with van der Waals surface area (Å²) in [6.07, 6.45) is 4.00. The lowest BCUT2D eigenvalue weighted by Crippen LogP contribution is -2.26. The maximum absolute atomic E-state index is 13.2. The third kappa shape index (κ3) is 5.13. The number of amides is 1. The Hall–Kier alpha value is -4.45. The number of carbonyl (C=O) groups is 1. The fraction of sp³-hybridized carbons (Fsp3) is 0.167. The van der Waals surface area contributed by atoms with Crippen LogP contribution in [-0.2, 0) is 0 Å². The van der Waals surface area contributed by atoms with Crippen LogP contribution in [0.15, 0.2) is 55.0 Å². The van der Waals surface area contributed by atoms with Crippen molar-refractivity contribution < 1.29 is 9.18 Å². The molecule has 0 aliphatic rings. The summed E-state index contributed by atoms with van der Waals surface area (Å²) >= 11 is 1.31. The molecule has 10 nitrogen and oxygen atoms in total. The molecule has 36 heavy (non-hydrogen) atoms. The minimum absolute atomic E-state index is 0.213. The first-order chi connectivity index (χ1) is 17.3. The zero-order chi connectivity index (χ0) is 25.2. The number of pyridine rings is 1. The summed E-state index contributed by atoms with van der Waals surface area (Å²) in [4.78, 5) is 27.6. The van der Waals surface area contributed by atoms with Gasteiger partial charge in [0.1, 0.15) is 5.82 Å². The summed E-state index contributed by atoms with van der Waals surface area (Å²) < 4.78 is 14.5. The van der Waals surface area contributed by atoms with Crippen molar-refractivity contribution >= 4 is 28.9 Å². The van der Waals surface area contributed by atoms with Crippen molar-refractivity contribution in [1.29, 1.82) is 0 Å². The Morgan fingerprint density at radius 3 is 2.67 bits per heavy atom. The highest BCUT2D eigenvalue weighted by molar-refractivity contribution is 7.17. The largest absolute Gasteiger partial charge is 0.345 e. The number of rotatable bonds is 7. The van der Waals surface area contributed by atoms with Gasteiger partial charge in [0.15, 0.2) is 23.3 Å². The van der Waals surface area contributed by atoms with Gasteiger partial charge in [-0.15, -0.1) is 11.3 Å². The molecule has 5 rings (SSSR count). The van der Waals surface area contributed by atoms with E-state index in [4.69, 9.17) is 0 Å². The molecule has 5 heterocycles. The van der Waals surface area contributed by atoms with Crippen LogP contribution in [0.25, 0.3) is 16.5 Å². The van der Waals surface area contributed by atoms with Crippen LogP contribution in [0.1, 0.15) is 39.6 Å². The van der Waals surface area contributed by atoms with Gasteiger partial charge in [-0.1, -0.05) is 6.07 Å². The lowest BCUT2D eigenvalue weighted by molar-refractivity contribution is 0.0944. The van der Waals surface area contributed by atoms with Gasteiger partial charge in [-0.25, -0.2) is 24.0 Å². The average Bonchev–Trinajstić information content (AvgIpc) is 3.60. The lowest BCUT2D eigenvalue weighted by Gasteiger charge is -2.13. The molecule has 1 unspecified atom stereocenters. The number of carbonyl (C=O) groups excluding carboxylic acids is 1. The first kappa shape index (κ1) is 23.3. The average molecular weight is 504 g/mol. The van der Waals surface area contributed by atoms with Gasteiger partial charge in [-0.2, -0.15) is 10.2 Å². The van der Waals surface area contributed by atoms with E-state index in [1.54, 1.807) is 18.3 Å². The normalized spacial score (nSPS) is 11.9. The summed E-state index contributed by atoms with van der Waals surface area (Å²) in [5.74, 6) is 1.64. The Labute approximate surface area is 209 Å². The third-order valence-electron chi connectivity index (χ3n) is 5.27. The number of halogens is 1. The smallest absolute Gasteiger partial charge is 0.261 e. The van der Waals surface area contributed by atoms with Crippen LogP contribution in [-0.4, -0.2) is 40.8 Å². The van der Waals surface area contributed by atoms with Crippen molar-refractivity contribution in [3.63, 3.8) is 0 Å². The summed E-state index contributed by atoms with van der Waals surface area (Å²) in [7, 11) is 0. The number of aromatic nitrogens is 7. The molecular weight excluding hydrogens is 481 g/mol. The molecule has 0 aromatic carbocycles. The first-order valence-corrected chi connectivity index (χ1v) is 11.9. The van der Waals surface area contributed by atoms with Crippen LogP contribution < -0.4 is 10.6 Å². The number of hydrogen-bond acceptors (Lipinski definition) is 8. The fourth-order valence-electron chi connectivity index (χ4n) is 3.50. The molecule has 182 valence electrons. The number of aryl methyl sites for hydroxylation is 2. The van der Waals surface area contributed by atoms with Gasteiger partial charge < -0.3 is 10.6 Å². The number of H-pyrrole nitrogens is 1. The van der Waals surface area contributed by atoms with Crippen LogP contribution in [0, 0.1) is 19.7 Å². The highest BCUT2D eigenvalue weighted by Crippen LogP contribution is 2.28.